The summed E-state index contributed by atoms with van der Waals surface area (Å²) in [6.45, 7) is 4.37. The molecule has 2 amide bonds. The van der Waals surface area contributed by atoms with E-state index in [-0.39, 0.29) is 18.7 Å². The van der Waals surface area contributed by atoms with Crippen molar-refractivity contribution in [2.24, 2.45) is 0 Å². The van der Waals surface area contributed by atoms with Gasteiger partial charge in [-0.05, 0) is 12.8 Å². The Hall–Kier alpha value is -1.14. The van der Waals surface area contributed by atoms with Crippen LogP contribution in [0.1, 0.15) is 30.2 Å². The Morgan fingerprint density at radius 3 is 2.88 bits per heavy atom. The van der Waals surface area contributed by atoms with Crippen LogP contribution < -0.4 is 10.6 Å². The molecule has 0 spiro atoms. The summed E-state index contributed by atoms with van der Waals surface area (Å²) in [6, 6.07) is -0.448. The number of urea groups is 1. The highest BCUT2D eigenvalue weighted by molar-refractivity contribution is 7.11. The number of aryl methyl sites for hydroxylation is 1. The quantitative estimate of drug-likeness (QED) is 0.718. The molecule has 17 heavy (non-hydrogen) atoms. The van der Waals surface area contributed by atoms with E-state index in [2.05, 4.69) is 22.5 Å². The number of nitrogens with zero attached hydrogens (tertiary/aromatic N) is 1. The van der Waals surface area contributed by atoms with E-state index >= 15 is 0 Å². The van der Waals surface area contributed by atoms with E-state index in [4.69, 9.17) is 5.11 Å². The van der Waals surface area contributed by atoms with Gasteiger partial charge in [0.1, 0.15) is 5.01 Å². The van der Waals surface area contributed by atoms with E-state index in [0.717, 1.165) is 11.4 Å². The summed E-state index contributed by atoms with van der Waals surface area (Å²) in [4.78, 5) is 16.9. The van der Waals surface area contributed by atoms with Gasteiger partial charge in [-0.1, -0.05) is 13.8 Å². The van der Waals surface area contributed by atoms with Gasteiger partial charge in [0.05, 0.1) is 19.2 Å². The Bertz CT molecular complexity index is 350. The van der Waals surface area contributed by atoms with Gasteiger partial charge in [-0.2, -0.15) is 0 Å². The number of hydrogen-bond donors (Lipinski definition) is 3. The molecule has 0 unspecified atom stereocenters. The van der Waals surface area contributed by atoms with Gasteiger partial charge in [-0.3, -0.25) is 0 Å². The molecular weight excluding hydrogens is 238 g/mol. The van der Waals surface area contributed by atoms with Crippen LogP contribution in [0.25, 0.3) is 0 Å². The number of carbonyl (C=O) groups is 1. The second-order valence-electron chi connectivity index (χ2n) is 3.69. The maximum Gasteiger partial charge on any atom is 0.315 e. The maximum atomic E-state index is 11.5. The molecule has 1 aromatic rings. The van der Waals surface area contributed by atoms with Gasteiger partial charge < -0.3 is 15.7 Å². The van der Waals surface area contributed by atoms with Gasteiger partial charge in [0.15, 0.2) is 0 Å². The van der Waals surface area contributed by atoms with E-state index < -0.39 is 0 Å². The average molecular weight is 257 g/mol. The van der Waals surface area contributed by atoms with Crippen LogP contribution in [0.4, 0.5) is 4.79 Å². The van der Waals surface area contributed by atoms with E-state index in [1.165, 1.54) is 4.88 Å². The van der Waals surface area contributed by atoms with Gasteiger partial charge in [0.25, 0.3) is 0 Å². The summed E-state index contributed by atoms with van der Waals surface area (Å²) in [5, 5.41) is 15.2. The van der Waals surface area contributed by atoms with Crippen molar-refractivity contribution in [3.8, 4) is 0 Å². The second-order valence-corrected chi connectivity index (χ2v) is 4.89. The van der Waals surface area contributed by atoms with Crippen LogP contribution in [0.2, 0.25) is 0 Å². The minimum absolute atomic E-state index is 0.0405. The SMILES string of the molecule is CCc1cnc(CNC(=O)N[C@H](CC)CO)s1. The van der Waals surface area contributed by atoms with Crippen LogP contribution in [0, 0.1) is 0 Å². The Morgan fingerprint density at radius 2 is 2.35 bits per heavy atom. The van der Waals surface area contributed by atoms with E-state index in [1.807, 2.05) is 13.1 Å². The highest BCUT2D eigenvalue weighted by Gasteiger charge is 2.09. The molecule has 0 aliphatic carbocycles. The largest absolute Gasteiger partial charge is 0.394 e. The number of hydrogen-bond acceptors (Lipinski definition) is 4. The lowest BCUT2D eigenvalue weighted by Gasteiger charge is -2.14. The van der Waals surface area contributed by atoms with Crippen molar-refractivity contribution in [3.63, 3.8) is 0 Å². The predicted molar refractivity (Wildman–Crippen MR) is 68.0 cm³/mol. The average Bonchev–Trinajstić information content (AvgIpc) is 2.81. The highest BCUT2D eigenvalue weighted by Crippen LogP contribution is 2.12. The third-order valence-corrected chi connectivity index (χ3v) is 3.54. The zero-order valence-corrected chi connectivity index (χ0v) is 11.0. The standard InChI is InChI=1S/C11H19N3O2S/c1-3-8(7-15)14-11(16)13-6-10-12-5-9(4-2)17-10/h5,8,15H,3-4,6-7H2,1-2H3,(H2,13,14,16)/t8-/m1/s1. The summed E-state index contributed by atoms with van der Waals surface area (Å²) >= 11 is 1.60. The van der Waals surface area contributed by atoms with Crippen molar-refractivity contribution in [2.75, 3.05) is 6.61 Å². The van der Waals surface area contributed by atoms with Gasteiger partial charge in [0.2, 0.25) is 0 Å². The number of thiazole rings is 1. The van der Waals surface area contributed by atoms with Crippen LogP contribution in [0.15, 0.2) is 6.20 Å². The molecule has 6 heteroatoms. The molecule has 1 heterocycles. The molecule has 0 saturated heterocycles. The molecule has 96 valence electrons. The zero-order chi connectivity index (χ0) is 12.7. The van der Waals surface area contributed by atoms with Gasteiger partial charge in [0, 0.05) is 11.1 Å². The lowest BCUT2D eigenvalue weighted by atomic mass is 10.2. The van der Waals surface area contributed by atoms with Crippen molar-refractivity contribution in [2.45, 2.75) is 39.3 Å². The smallest absolute Gasteiger partial charge is 0.315 e. The molecule has 0 saturated carbocycles. The fourth-order valence-corrected chi connectivity index (χ4v) is 2.06. The zero-order valence-electron chi connectivity index (χ0n) is 10.2. The molecule has 0 bridgehead atoms. The van der Waals surface area contributed by atoms with Crippen molar-refractivity contribution in [1.29, 1.82) is 0 Å². The minimum atomic E-state index is -0.265. The number of aliphatic hydroxyl groups excluding tert-OH is 1. The molecule has 5 nitrogen and oxygen atoms in total. The molecular formula is C11H19N3O2S. The number of aliphatic hydroxyl groups is 1. The normalized spacial score (nSPS) is 12.2. The fraction of sp³-hybridized carbons (Fsp3) is 0.636. The van der Waals surface area contributed by atoms with Crippen LogP contribution in [0.5, 0.6) is 0 Å². The van der Waals surface area contributed by atoms with E-state index in [9.17, 15) is 4.79 Å². The third kappa shape index (κ3) is 4.70. The van der Waals surface area contributed by atoms with Crippen molar-refractivity contribution in [1.82, 2.24) is 15.6 Å². The lowest BCUT2D eigenvalue weighted by Crippen LogP contribution is -2.43. The first-order chi connectivity index (χ1) is 8.19. The number of rotatable bonds is 6. The molecule has 0 aromatic carbocycles. The molecule has 3 N–H and O–H groups in total. The minimum Gasteiger partial charge on any atom is -0.394 e. The van der Waals surface area contributed by atoms with E-state index in [0.29, 0.717) is 13.0 Å². The molecule has 0 radical (unpaired) electrons. The number of aromatic nitrogens is 1. The summed E-state index contributed by atoms with van der Waals surface area (Å²) in [7, 11) is 0. The predicted octanol–water partition coefficient (Wildman–Crippen LogP) is 1.28. The Balaban J connectivity index is 2.32. The summed E-state index contributed by atoms with van der Waals surface area (Å²) in [6.07, 6.45) is 3.51. The number of carbonyl (C=O) groups excluding carboxylic acids is 1. The Labute approximate surface area is 105 Å². The lowest BCUT2D eigenvalue weighted by molar-refractivity contribution is 0.214. The highest BCUT2D eigenvalue weighted by atomic mass is 32.1. The molecule has 1 rings (SSSR count). The molecule has 1 aromatic heterocycles. The van der Waals surface area contributed by atoms with Crippen LogP contribution in [-0.4, -0.2) is 28.8 Å². The topological polar surface area (TPSA) is 74.2 Å². The first-order valence-corrected chi connectivity index (χ1v) is 6.60. The summed E-state index contributed by atoms with van der Waals surface area (Å²) < 4.78 is 0. The monoisotopic (exact) mass is 257 g/mol. The molecule has 0 aliphatic heterocycles. The van der Waals surface area contributed by atoms with Gasteiger partial charge in [-0.15, -0.1) is 11.3 Å². The Morgan fingerprint density at radius 1 is 1.59 bits per heavy atom. The molecule has 0 aliphatic rings. The van der Waals surface area contributed by atoms with Crippen LogP contribution >= 0.6 is 11.3 Å². The fourth-order valence-electron chi connectivity index (χ4n) is 1.26. The first-order valence-electron chi connectivity index (χ1n) is 5.78. The summed E-state index contributed by atoms with van der Waals surface area (Å²) in [5.74, 6) is 0. The van der Waals surface area contributed by atoms with E-state index in [1.54, 1.807) is 11.3 Å². The molecule has 0 fully saturated rings. The maximum absolute atomic E-state index is 11.5. The van der Waals surface area contributed by atoms with Gasteiger partial charge in [-0.25, -0.2) is 9.78 Å². The van der Waals surface area contributed by atoms with Crippen LogP contribution in [0.3, 0.4) is 0 Å². The second kappa shape index (κ2) is 7.24. The Kier molecular flexibility index (Phi) is 5.93. The van der Waals surface area contributed by atoms with Crippen LogP contribution in [-0.2, 0) is 13.0 Å². The summed E-state index contributed by atoms with van der Waals surface area (Å²) in [5.41, 5.74) is 0. The molecule has 1 atom stereocenters. The number of nitrogens with one attached hydrogen (secondary N) is 2. The van der Waals surface area contributed by atoms with Gasteiger partial charge >= 0.3 is 6.03 Å². The third-order valence-electron chi connectivity index (χ3n) is 2.40. The van der Waals surface area contributed by atoms with Crippen molar-refractivity contribution in [3.05, 3.63) is 16.1 Å². The number of amides is 2. The van der Waals surface area contributed by atoms with Crippen molar-refractivity contribution < 1.29 is 9.90 Å². The van der Waals surface area contributed by atoms with Crippen molar-refractivity contribution >= 4 is 17.4 Å². The first kappa shape index (κ1) is 13.9.